The summed E-state index contributed by atoms with van der Waals surface area (Å²) >= 11 is 1.16. The van der Waals surface area contributed by atoms with Crippen molar-refractivity contribution in [2.24, 2.45) is 5.92 Å². The molecule has 2 aromatic heterocycles. The summed E-state index contributed by atoms with van der Waals surface area (Å²) in [5.41, 5.74) is -0.216. The van der Waals surface area contributed by atoms with Gasteiger partial charge in [-0.15, -0.1) is 0 Å². The van der Waals surface area contributed by atoms with Gasteiger partial charge < -0.3 is 0 Å². The summed E-state index contributed by atoms with van der Waals surface area (Å²) in [6.07, 6.45) is 9.38. The Bertz CT molecular complexity index is 668. The number of pyridine rings is 1. The Labute approximate surface area is 121 Å². The molecule has 0 saturated heterocycles. The van der Waals surface area contributed by atoms with Gasteiger partial charge in [-0.25, -0.2) is 4.98 Å². The topological polar surface area (TPSA) is 52.0 Å². The van der Waals surface area contributed by atoms with Gasteiger partial charge in [0.05, 0.1) is 5.39 Å². The quantitative estimate of drug-likeness (QED) is 0.870. The summed E-state index contributed by atoms with van der Waals surface area (Å²) in [5.74, 6) is 0.583. The highest BCUT2D eigenvalue weighted by Crippen LogP contribution is 2.27. The molecule has 0 aliphatic heterocycles. The van der Waals surface area contributed by atoms with Gasteiger partial charge in [-0.1, -0.05) is 32.1 Å². The summed E-state index contributed by atoms with van der Waals surface area (Å²) in [5, 5.41) is 0.545. The Morgan fingerprint density at radius 1 is 1.35 bits per heavy atom. The van der Waals surface area contributed by atoms with Crippen LogP contribution in [0, 0.1) is 5.92 Å². The second-order valence-electron chi connectivity index (χ2n) is 5.48. The zero-order valence-corrected chi connectivity index (χ0v) is 12.2. The molecule has 1 aliphatic carbocycles. The van der Waals surface area contributed by atoms with Gasteiger partial charge >= 0.3 is 0 Å². The SMILES string of the molecule is O=C(CCC1CCCCC1)n1sc2ncccc2c1=O. The molecule has 0 N–H and O–H groups in total. The van der Waals surface area contributed by atoms with Crippen LogP contribution in [0.25, 0.3) is 10.2 Å². The van der Waals surface area contributed by atoms with E-state index in [-0.39, 0.29) is 11.5 Å². The highest BCUT2D eigenvalue weighted by atomic mass is 32.1. The predicted molar refractivity (Wildman–Crippen MR) is 80.3 cm³/mol. The molecular weight excluding hydrogens is 272 g/mol. The maximum Gasteiger partial charge on any atom is 0.277 e. The van der Waals surface area contributed by atoms with E-state index in [0.29, 0.717) is 22.6 Å². The summed E-state index contributed by atoms with van der Waals surface area (Å²) in [4.78, 5) is 29.1. The van der Waals surface area contributed by atoms with E-state index in [0.717, 1.165) is 18.0 Å². The van der Waals surface area contributed by atoms with Crippen molar-refractivity contribution in [3.8, 4) is 0 Å². The van der Waals surface area contributed by atoms with Gasteiger partial charge in [0, 0.05) is 12.6 Å². The number of aromatic nitrogens is 2. The molecule has 1 saturated carbocycles. The lowest BCUT2D eigenvalue weighted by molar-refractivity contribution is 0.0899. The molecule has 1 aliphatic rings. The van der Waals surface area contributed by atoms with Crippen molar-refractivity contribution in [3.05, 3.63) is 28.7 Å². The fourth-order valence-electron chi connectivity index (χ4n) is 2.93. The molecule has 0 radical (unpaired) electrons. The largest absolute Gasteiger partial charge is 0.277 e. The van der Waals surface area contributed by atoms with Crippen LogP contribution in [-0.4, -0.2) is 14.8 Å². The number of carbonyl (C=O) groups excluding carboxylic acids is 1. The van der Waals surface area contributed by atoms with Crippen molar-refractivity contribution in [2.75, 3.05) is 0 Å². The Hall–Kier alpha value is -1.49. The van der Waals surface area contributed by atoms with E-state index in [1.165, 1.54) is 36.1 Å². The van der Waals surface area contributed by atoms with Crippen LogP contribution < -0.4 is 5.56 Å². The van der Waals surface area contributed by atoms with Gasteiger partial charge in [0.25, 0.3) is 5.56 Å². The summed E-state index contributed by atoms with van der Waals surface area (Å²) in [6, 6.07) is 3.46. The molecule has 0 unspecified atom stereocenters. The predicted octanol–water partition coefficient (Wildman–Crippen LogP) is 3.46. The van der Waals surface area contributed by atoms with Crippen LogP contribution in [0.5, 0.6) is 0 Å². The fraction of sp³-hybridized carbons (Fsp3) is 0.533. The first kappa shape index (κ1) is 13.5. The van der Waals surface area contributed by atoms with Crippen LogP contribution >= 0.6 is 11.5 Å². The lowest BCUT2D eigenvalue weighted by Gasteiger charge is -2.20. The standard InChI is InChI=1S/C15H18N2O2S/c18-13(9-8-11-5-2-1-3-6-11)17-15(19)12-7-4-10-16-14(12)20-17/h4,7,10-11H,1-3,5-6,8-9H2. The number of hydrogen-bond donors (Lipinski definition) is 0. The van der Waals surface area contributed by atoms with Crippen LogP contribution in [0.15, 0.2) is 23.1 Å². The van der Waals surface area contributed by atoms with Gasteiger partial charge in [-0.05, 0) is 36.0 Å². The minimum Gasteiger partial charge on any atom is -0.273 e. The average Bonchev–Trinajstić information content (AvgIpc) is 2.84. The summed E-state index contributed by atoms with van der Waals surface area (Å²) < 4.78 is 1.28. The highest BCUT2D eigenvalue weighted by Gasteiger charge is 2.18. The second kappa shape index (κ2) is 5.87. The van der Waals surface area contributed by atoms with Crippen molar-refractivity contribution < 1.29 is 4.79 Å². The normalized spacial score (nSPS) is 16.6. The van der Waals surface area contributed by atoms with Crippen LogP contribution in [-0.2, 0) is 0 Å². The molecule has 106 valence electrons. The van der Waals surface area contributed by atoms with Crippen molar-refractivity contribution in [1.82, 2.24) is 8.94 Å². The van der Waals surface area contributed by atoms with Crippen molar-refractivity contribution >= 4 is 27.7 Å². The molecule has 3 rings (SSSR count). The molecule has 20 heavy (non-hydrogen) atoms. The Morgan fingerprint density at radius 2 is 2.15 bits per heavy atom. The number of fused-ring (bicyclic) bond motifs is 1. The second-order valence-corrected chi connectivity index (χ2v) is 6.42. The highest BCUT2D eigenvalue weighted by molar-refractivity contribution is 7.14. The first-order valence-electron chi connectivity index (χ1n) is 7.26. The molecule has 1 fully saturated rings. The molecule has 2 aromatic rings. The number of carbonyl (C=O) groups is 1. The van der Waals surface area contributed by atoms with Crippen LogP contribution in [0.2, 0.25) is 0 Å². The maximum atomic E-state index is 12.2. The molecule has 5 heteroatoms. The van der Waals surface area contributed by atoms with E-state index in [9.17, 15) is 9.59 Å². The lowest BCUT2D eigenvalue weighted by atomic mass is 9.86. The molecule has 0 atom stereocenters. The van der Waals surface area contributed by atoms with E-state index in [2.05, 4.69) is 4.98 Å². The zero-order valence-electron chi connectivity index (χ0n) is 11.4. The van der Waals surface area contributed by atoms with Gasteiger partial charge in [-0.3, -0.25) is 9.59 Å². The molecule has 4 nitrogen and oxygen atoms in total. The number of rotatable bonds is 3. The van der Waals surface area contributed by atoms with Gasteiger partial charge in [-0.2, -0.15) is 3.96 Å². The lowest BCUT2D eigenvalue weighted by Crippen LogP contribution is -2.21. The van der Waals surface area contributed by atoms with Crippen molar-refractivity contribution in [3.63, 3.8) is 0 Å². The van der Waals surface area contributed by atoms with E-state index in [1.807, 2.05) is 0 Å². The average molecular weight is 290 g/mol. The molecule has 0 bridgehead atoms. The van der Waals surface area contributed by atoms with Gasteiger partial charge in [0.2, 0.25) is 5.91 Å². The molecule has 0 amide bonds. The minimum absolute atomic E-state index is 0.0800. The number of nitrogens with zero attached hydrogens (tertiary/aromatic N) is 2. The van der Waals surface area contributed by atoms with Crippen LogP contribution in [0.4, 0.5) is 0 Å². The minimum atomic E-state index is -0.216. The van der Waals surface area contributed by atoms with Crippen LogP contribution in [0.1, 0.15) is 49.7 Å². The monoisotopic (exact) mass is 290 g/mol. The third-order valence-electron chi connectivity index (χ3n) is 4.08. The van der Waals surface area contributed by atoms with Crippen molar-refractivity contribution in [2.45, 2.75) is 44.9 Å². The van der Waals surface area contributed by atoms with Crippen molar-refractivity contribution in [1.29, 1.82) is 0 Å². The summed E-state index contributed by atoms with van der Waals surface area (Å²) in [7, 11) is 0. The molecule has 0 aromatic carbocycles. The Morgan fingerprint density at radius 3 is 2.90 bits per heavy atom. The molecular formula is C15H18N2O2S. The van der Waals surface area contributed by atoms with Crippen LogP contribution in [0.3, 0.4) is 0 Å². The molecule has 0 spiro atoms. The van der Waals surface area contributed by atoms with E-state index in [4.69, 9.17) is 0 Å². The fourth-order valence-corrected chi connectivity index (χ4v) is 3.84. The van der Waals surface area contributed by atoms with E-state index < -0.39 is 0 Å². The third kappa shape index (κ3) is 2.68. The Balaban J connectivity index is 1.72. The third-order valence-corrected chi connectivity index (χ3v) is 5.13. The summed E-state index contributed by atoms with van der Waals surface area (Å²) in [6.45, 7) is 0. The first-order valence-corrected chi connectivity index (χ1v) is 8.03. The first-order chi connectivity index (χ1) is 9.75. The Kier molecular flexibility index (Phi) is 3.96. The van der Waals surface area contributed by atoms with Gasteiger partial charge in [0.15, 0.2) is 0 Å². The van der Waals surface area contributed by atoms with Gasteiger partial charge in [0.1, 0.15) is 4.83 Å². The van der Waals surface area contributed by atoms with E-state index in [1.54, 1.807) is 18.3 Å². The smallest absolute Gasteiger partial charge is 0.273 e. The maximum absolute atomic E-state index is 12.2. The molecule has 2 heterocycles. The van der Waals surface area contributed by atoms with E-state index >= 15 is 0 Å². The zero-order chi connectivity index (χ0) is 13.9. The number of hydrogen-bond acceptors (Lipinski definition) is 4.